The first-order chi connectivity index (χ1) is 20.0. The van der Waals surface area contributed by atoms with Gasteiger partial charge in [0.15, 0.2) is 5.82 Å². The Morgan fingerprint density at radius 1 is 0.976 bits per heavy atom. The molecule has 5 aromatic rings. The van der Waals surface area contributed by atoms with E-state index in [4.69, 9.17) is 19.9 Å². The molecule has 3 heterocycles. The summed E-state index contributed by atoms with van der Waals surface area (Å²) >= 11 is 0. The molecule has 0 amide bonds. The van der Waals surface area contributed by atoms with Crippen molar-refractivity contribution in [1.82, 2.24) is 14.5 Å². The number of benzene rings is 3. The van der Waals surface area contributed by atoms with E-state index in [0.29, 0.717) is 48.5 Å². The number of anilines is 1. The Hall–Kier alpha value is -4.69. The highest BCUT2D eigenvalue weighted by Gasteiger charge is 2.31. The fraction of sp³-hybridized carbons (Fsp3) is 0.242. The molecule has 0 spiro atoms. The van der Waals surface area contributed by atoms with Crippen molar-refractivity contribution in [3.05, 3.63) is 102 Å². The van der Waals surface area contributed by atoms with Gasteiger partial charge in [-0.3, -0.25) is 4.79 Å². The van der Waals surface area contributed by atoms with Crippen molar-refractivity contribution in [1.29, 1.82) is 0 Å². The van der Waals surface area contributed by atoms with Crippen molar-refractivity contribution < 1.29 is 19.0 Å². The van der Waals surface area contributed by atoms with Crippen LogP contribution in [0.1, 0.15) is 48.3 Å². The summed E-state index contributed by atoms with van der Waals surface area (Å²) < 4.78 is 20.2. The molecule has 2 aliphatic rings. The van der Waals surface area contributed by atoms with Crippen LogP contribution in [0.3, 0.4) is 0 Å². The zero-order valence-electron chi connectivity index (χ0n) is 22.7. The van der Waals surface area contributed by atoms with Crippen LogP contribution in [-0.2, 0) is 29.2 Å². The highest BCUT2D eigenvalue weighted by Crippen LogP contribution is 2.41. The van der Waals surface area contributed by atoms with E-state index in [1.54, 1.807) is 0 Å². The normalized spacial score (nSPS) is 16.1. The van der Waals surface area contributed by atoms with Gasteiger partial charge in [-0.25, -0.2) is 9.97 Å². The van der Waals surface area contributed by atoms with Gasteiger partial charge in [-0.15, -0.1) is 0 Å². The SMILES string of the molecule is CC1OCc2c1c1ncnc(N)c1n2-c1ccc(Oc2cccc(OCc3cccc(CC(=O)C4CC4)c3)c2)cc1. The molecule has 3 aromatic carbocycles. The summed E-state index contributed by atoms with van der Waals surface area (Å²) in [6, 6.07) is 23.5. The predicted octanol–water partition coefficient (Wildman–Crippen LogP) is 6.49. The molecule has 0 saturated heterocycles. The van der Waals surface area contributed by atoms with E-state index in [9.17, 15) is 4.79 Å². The maximum Gasteiger partial charge on any atom is 0.151 e. The van der Waals surface area contributed by atoms with Gasteiger partial charge in [0.1, 0.15) is 47.0 Å². The monoisotopic (exact) mass is 546 g/mol. The lowest BCUT2D eigenvalue weighted by Crippen LogP contribution is -2.05. The number of fused-ring (bicyclic) bond motifs is 3. The Kier molecular flexibility index (Phi) is 6.40. The van der Waals surface area contributed by atoms with Gasteiger partial charge >= 0.3 is 0 Å². The smallest absolute Gasteiger partial charge is 0.151 e. The maximum absolute atomic E-state index is 12.2. The van der Waals surface area contributed by atoms with Crippen LogP contribution < -0.4 is 15.2 Å². The van der Waals surface area contributed by atoms with Gasteiger partial charge in [0.25, 0.3) is 0 Å². The summed E-state index contributed by atoms with van der Waals surface area (Å²) in [6.45, 7) is 2.92. The summed E-state index contributed by atoms with van der Waals surface area (Å²) in [6.07, 6.45) is 4.01. The molecular formula is C33H30N4O4. The van der Waals surface area contributed by atoms with Crippen molar-refractivity contribution in [2.45, 2.75) is 45.5 Å². The molecular weight excluding hydrogens is 516 g/mol. The van der Waals surface area contributed by atoms with Crippen LogP contribution in [-0.4, -0.2) is 20.3 Å². The average Bonchev–Trinajstić information content (AvgIpc) is 3.69. The number of aromatic nitrogens is 3. The number of hydrogen-bond acceptors (Lipinski definition) is 7. The van der Waals surface area contributed by atoms with Gasteiger partial charge in [-0.05, 0) is 67.3 Å². The van der Waals surface area contributed by atoms with Gasteiger partial charge < -0.3 is 24.5 Å². The van der Waals surface area contributed by atoms with E-state index in [1.807, 2.05) is 73.7 Å². The number of nitrogens with two attached hydrogens (primary N) is 1. The Bertz CT molecular complexity index is 1760. The lowest BCUT2D eigenvalue weighted by Gasteiger charge is -2.12. The van der Waals surface area contributed by atoms with Crippen molar-refractivity contribution in [2.75, 3.05) is 5.73 Å². The Morgan fingerprint density at radius 2 is 1.76 bits per heavy atom. The van der Waals surface area contributed by atoms with Crippen LogP contribution in [0.15, 0.2) is 79.1 Å². The molecule has 0 radical (unpaired) electrons. The van der Waals surface area contributed by atoms with Crippen LogP contribution in [0.2, 0.25) is 0 Å². The largest absolute Gasteiger partial charge is 0.489 e. The first kappa shape index (κ1) is 25.3. The number of nitrogen functional groups attached to an aromatic ring is 1. The highest BCUT2D eigenvalue weighted by atomic mass is 16.5. The minimum Gasteiger partial charge on any atom is -0.489 e. The maximum atomic E-state index is 12.2. The minimum atomic E-state index is -0.0550. The minimum absolute atomic E-state index is 0.0550. The fourth-order valence-electron chi connectivity index (χ4n) is 5.52. The number of ether oxygens (including phenoxy) is 3. The molecule has 1 fully saturated rings. The van der Waals surface area contributed by atoms with E-state index in [0.717, 1.165) is 51.9 Å². The molecule has 0 bridgehead atoms. The quantitative estimate of drug-likeness (QED) is 0.226. The second kappa shape index (κ2) is 10.4. The topological polar surface area (TPSA) is 101 Å². The van der Waals surface area contributed by atoms with Gasteiger partial charge in [-0.1, -0.05) is 30.3 Å². The van der Waals surface area contributed by atoms with Crippen molar-refractivity contribution in [2.24, 2.45) is 5.92 Å². The molecule has 1 saturated carbocycles. The van der Waals surface area contributed by atoms with E-state index in [-0.39, 0.29) is 12.0 Å². The number of hydrogen-bond donors (Lipinski definition) is 1. The summed E-state index contributed by atoms with van der Waals surface area (Å²) in [5.74, 6) is 3.13. The second-order valence-electron chi connectivity index (χ2n) is 10.7. The predicted molar refractivity (Wildman–Crippen MR) is 155 cm³/mol. The summed E-state index contributed by atoms with van der Waals surface area (Å²) in [7, 11) is 0. The van der Waals surface area contributed by atoms with Crippen LogP contribution >= 0.6 is 0 Å². The molecule has 1 aliphatic carbocycles. The van der Waals surface area contributed by atoms with Crippen LogP contribution in [0.4, 0.5) is 5.82 Å². The molecule has 41 heavy (non-hydrogen) atoms. The Morgan fingerprint density at radius 3 is 2.59 bits per heavy atom. The summed E-state index contributed by atoms with van der Waals surface area (Å²) in [5.41, 5.74) is 13.0. The van der Waals surface area contributed by atoms with Crippen LogP contribution in [0.25, 0.3) is 16.7 Å². The highest BCUT2D eigenvalue weighted by molar-refractivity contribution is 5.91. The number of Topliss-reactive ketones (excluding diaryl/α,β-unsaturated/α-hetero) is 1. The zero-order valence-corrected chi connectivity index (χ0v) is 22.7. The van der Waals surface area contributed by atoms with Crippen molar-refractivity contribution in [3.63, 3.8) is 0 Å². The number of carbonyl (C=O) groups is 1. The van der Waals surface area contributed by atoms with Gasteiger partial charge in [-0.2, -0.15) is 0 Å². The number of carbonyl (C=O) groups excluding carboxylic acids is 1. The first-order valence-corrected chi connectivity index (χ1v) is 13.9. The van der Waals surface area contributed by atoms with Crippen molar-refractivity contribution >= 4 is 22.6 Å². The van der Waals surface area contributed by atoms with Gasteiger partial charge in [0.05, 0.1) is 18.4 Å². The average molecular weight is 547 g/mol. The van der Waals surface area contributed by atoms with E-state index in [2.05, 4.69) is 20.6 Å². The zero-order chi connectivity index (χ0) is 27.9. The second-order valence-corrected chi connectivity index (χ2v) is 10.7. The fourth-order valence-corrected chi connectivity index (χ4v) is 5.52. The van der Waals surface area contributed by atoms with Crippen LogP contribution in [0, 0.1) is 5.92 Å². The number of ketones is 1. The van der Waals surface area contributed by atoms with Gasteiger partial charge in [0, 0.05) is 29.7 Å². The lowest BCUT2D eigenvalue weighted by atomic mass is 10.0. The molecule has 1 unspecified atom stereocenters. The van der Waals surface area contributed by atoms with E-state index >= 15 is 0 Å². The molecule has 8 nitrogen and oxygen atoms in total. The first-order valence-electron chi connectivity index (χ1n) is 13.9. The third kappa shape index (κ3) is 5.02. The molecule has 2 aromatic heterocycles. The molecule has 2 N–H and O–H groups in total. The number of rotatable bonds is 9. The third-order valence-electron chi connectivity index (χ3n) is 7.73. The molecule has 8 heteroatoms. The summed E-state index contributed by atoms with van der Waals surface area (Å²) in [4.78, 5) is 20.9. The lowest BCUT2D eigenvalue weighted by molar-refractivity contribution is -0.119. The van der Waals surface area contributed by atoms with Gasteiger partial charge in [0.2, 0.25) is 0 Å². The van der Waals surface area contributed by atoms with E-state index < -0.39 is 0 Å². The van der Waals surface area contributed by atoms with Crippen LogP contribution in [0.5, 0.6) is 17.2 Å². The standard InChI is InChI=1S/C33H30N4O4/c1-20-30-28(18-39-20)37(32-31(30)35-19-36-33(32)34)24-10-12-25(13-11-24)41-27-7-3-6-26(16-27)40-17-22-5-2-4-21(14-22)15-29(38)23-8-9-23/h2-7,10-14,16,19-20,23H,8-9,15,17-18H2,1H3,(H2,34,35,36). The Balaban J connectivity index is 1.05. The molecule has 1 aliphatic heterocycles. The third-order valence-corrected chi connectivity index (χ3v) is 7.73. The molecule has 7 rings (SSSR count). The summed E-state index contributed by atoms with van der Waals surface area (Å²) in [5, 5.41) is 0. The van der Waals surface area contributed by atoms with Crippen molar-refractivity contribution in [3.8, 4) is 22.9 Å². The number of nitrogens with zero attached hydrogens (tertiary/aromatic N) is 3. The Labute approximate surface area is 237 Å². The molecule has 1 atom stereocenters. The molecule has 206 valence electrons. The van der Waals surface area contributed by atoms with E-state index in [1.165, 1.54) is 6.33 Å².